The van der Waals surface area contributed by atoms with Crippen LogP contribution < -0.4 is 16.0 Å². The van der Waals surface area contributed by atoms with Crippen LogP contribution in [0.4, 0.5) is 0 Å². The van der Waals surface area contributed by atoms with Gasteiger partial charge in [-0.1, -0.05) is 0 Å². The van der Waals surface area contributed by atoms with E-state index in [-0.39, 0.29) is 0 Å². The maximum atomic E-state index is 12.5. The van der Waals surface area contributed by atoms with Gasteiger partial charge in [-0.25, -0.2) is 0 Å². The molecular weight excluding hydrogens is 890 g/mol. The van der Waals surface area contributed by atoms with Gasteiger partial charge in [-0.3, -0.25) is 14.4 Å². The van der Waals surface area contributed by atoms with Crippen LogP contribution in [0, 0.1) is 0 Å². The second-order valence-electron chi connectivity index (χ2n) is 16.2. The molecule has 29 nitrogen and oxygen atoms in total. The van der Waals surface area contributed by atoms with E-state index in [1.165, 1.54) is 0 Å². The van der Waals surface area contributed by atoms with E-state index in [2.05, 4.69) is 16.0 Å². The lowest BCUT2D eigenvalue weighted by Crippen LogP contribution is -2.70. The minimum absolute atomic E-state index is 0.677. The van der Waals surface area contributed by atoms with Gasteiger partial charge in [-0.2, -0.15) is 0 Å². The maximum Gasteiger partial charge on any atom is 0.217 e. The second-order valence-corrected chi connectivity index (χ2v) is 16.2. The number of aliphatic hydroxyl groups excluding tert-OH is 14. The molecular formula is C36H61N3O26. The average molecular weight is 952 g/mol. The Bertz CT molecular complexity index is 1560. The molecule has 5 saturated heterocycles. The van der Waals surface area contributed by atoms with Crippen LogP contribution in [0.15, 0.2) is 0 Å². The van der Waals surface area contributed by atoms with Crippen LogP contribution in [0.2, 0.25) is 0 Å². The van der Waals surface area contributed by atoms with Crippen molar-refractivity contribution in [3.05, 3.63) is 0 Å². The van der Waals surface area contributed by atoms with Gasteiger partial charge in [-0.15, -0.1) is 0 Å². The van der Waals surface area contributed by atoms with Gasteiger partial charge in [0.2, 0.25) is 17.7 Å². The van der Waals surface area contributed by atoms with E-state index < -0.39 is 204 Å². The lowest BCUT2D eigenvalue weighted by Gasteiger charge is -2.50. The summed E-state index contributed by atoms with van der Waals surface area (Å²) in [5.41, 5.74) is 0. The molecule has 5 rings (SSSR count). The first kappa shape index (κ1) is 53.4. The van der Waals surface area contributed by atoms with Gasteiger partial charge in [0.25, 0.3) is 0 Å². The SMILES string of the molecule is CC(=O)N[C@@H]1[C@@H](O[C@@H]2O[C@H](CO)[C@H](O)[C@H](O[C@@H]3O[C@H](CO)[C@@H](O)[C@H](O[C@@H]4O[C@H](CO)[C@H](O)[C@H](O)[C@H]4O)[C@H]3NC(C)=O)[C@H]2O)[C@@H](O)[C@@H](CO[C@@H]2O[C@H](CO)[C@@H](O)[C@H](O)[C@H]2NC(C)=O)O[C@@H]1O. The highest BCUT2D eigenvalue weighted by molar-refractivity contribution is 5.74. The molecule has 0 aromatic heterocycles. The molecule has 0 saturated carbocycles. The average Bonchev–Trinajstić information content (AvgIpc) is 3.25. The largest absolute Gasteiger partial charge is 0.394 e. The van der Waals surface area contributed by atoms with Crippen LogP contribution in [0.25, 0.3) is 0 Å². The Labute approximate surface area is 369 Å². The number of ether oxygens (including phenoxy) is 9. The fourth-order valence-corrected chi connectivity index (χ4v) is 8.13. The van der Waals surface area contributed by atoms with Crippen molar-refractivity contribution < 1.29 is 129 Å². The Morgan fingerprint density at radius 3 is 1.31 bits per heavy atom. The summed E-state index contributed by atoms with van der Waals surface area (Å²) in [6, 6.07) is -4.77. The number of carbonyl (C=O) groups is 3. The van der Waals surface area contributed by atoms with E-state index in [1.54, 1.807) is 0 Å². The smallest absolute Gasteiger partial charge is 0.217 e. The highest BCUT2D eigenvalue weighted by Gasteiger charge is 2.56. The molecule has 17 N–H and O–H groups in total. The molecule has 25 atom stereocenters. The van der Waals surface area contributed by atoms with Gasteiger partial charge in [0.15, 0.2) is 31.5 Å². The zero-order chi connectivity index (χ0) is 48.2. The zero-order valence-electron chi connectivity index (χ0n) is 35.1. The molecule has 5 aliphatic heterocycles. The summed E-state index contributed by atoms with van der Waals surface area (Å²) in [5, 5.41) is 156. The molecule has 29 heteroatoms. The van der Waals surface area contributed by atoms with Crippen molar-refractivity contribution in [3.63, 3.8) is 0 Å². The number of hydrogen-bond acceptors (Lipinski definition) is 26. The number of nitrogens with one attached hydrogen (secondary N) is 3. The van der Waals surface area contributed by atoms with Crippen LogP contribution in [0.5, 0.6) is 0 Å². The standard InChI is InChI=1S/C36H61N3O26/c1-9(44)37-17-25(52)20(47)12(4-40)59-33(17)57-8-16-24(51)29(18(32(56)58-16)38-10(2)45)63-36-28(55)31(23(50)15(7-43)62-36)65-34-19(39-11(3)46)30(22(49)14(6-42)60-34)64-35-27(54)26(53)21(48)13(5-41)61-35/h12-36,40-43,47-56H,4-8H2,1-3H3,(H,37,44)(H,38,45)(H,39,46)/t12-,13-,14-,15-,16-,17-,18-,19-,20-,21+,22-,23+,24+,25-,26+,27-,28-,29-,30-,31+,32+,33-,34+,35+,36+/m1/s1. The molecule has 5 heterocycles. The number of amides is 3. The second kappa shape index (κ2) is 23.2. The molecule has 0 unspecified atom stereocenters. The van der Waals surface area contributed by atoms with Crippen molar-refractivity contribution >= 4 is 17.7 Å². The van der Waals surface area contributed by atoms with Crippen molar-refractivity contribution in [2.45, 2.75) is 174 Å². The van der Waals surface area contributed by atoms with E-state index in [1.807, 2.05) is 0 Å². The Balaban J connectivity index is 1.40. The zero-order valence-corrected chi connectivity index (χ0v) is 35.1. The van der Waals surface area contributed by atoms with Crippen LogP contribution in [-0.4, -0.2) is 276 Å². The summed E-state index contributed by atoms with van der Waals surface area (Å²) < 4.78 is 51.3. The highest BCUT2D eigenvalue weighted by atomic mass is 16.8. The third kappa shape index (κ3) is 12.0. The van der Waals surface area contributed by atoms with Gasteiger partial charge in [0, 0.05) is 20.8 Å². The van der Waals surface area contributed by atoms with Crippen LogP contribution in [0.3, 0.4) is 0 Å². The maximum absolute atomic E-state index is 12.5. The van der Waals surface area contributed by atoms with Crippen LogP contribution in [0.1, 0.15) is 20.8 Å². The van der Waals surface area contributed by atoms with Gasteiger partial charge in [0.05, 0.1) is 33.0 Å². The van der Waals surface area contributed by atoms with E-state index in [0.29, 0.717) is 0 Å². The van der Waals surface area contributed by atoms with Gasteiger partial charge in [0.1, 0.15) is 122 Å². The number of aliphatic hydroxyl groups is 14. The molecule has 0 spiro atoms. The van der Waals surface area contributed by atoms with Crippen molar-refractivity contribution in [3.8, 4) is 0 Å². The highest BCUT2D eigenvalue weighted by Crippen LogP contribution is 2.35. The summed E-state index contributed by atoms with van der Waals surface area (Å²) in [4.78, 5) is 36.7. The molecule has 0 aromatic rings. The molecule has 65 heavy (non-hydrogen) atoms. The van der Waals surface area contributed by atoms with Gasteiger partial charge in [-0.05, 0) is 0 Å². The van der Waals surface area contributed by atoms with Crippen molar-refractivity contribution in [1.29, 1.82) is 0 Å². The monoisotopic (exact) mass is 951 g/mol. The predicted molar refractivity (Wildman–Crippen MR) is 201 cm³/mol. The first-order chi connectivity index (χ1) is 30.7. The van der Waals surface area contributed by atoms with E-state index in [9.17, 15) is 85.9 Å². The Hall–Kier alpha value is -2.51. The number of rotatable bonds is 16. The summed E-state index contributed by atoms with van der Waals surface area (Å²) in [5.74, 6) is -2.27. The number of carbonyl (C=O) groups excluding carboxylic acids is 3. The topological polar surface area (TPSA) is 454 Å². The van der Waals surface area contributed by atoms with E-state index in [4.69, 9.17) is 42.6 Å². The normalized spacial score (nSPS) is 47.1. The molecule has 3 amide bonds. The first-order valence-corrected chi connectivity index (χ1v) is 20.6. The molecule has 0 bridgehead atoms. The van der Waals surface area contributed by atoms with Crippen LogP contribution >= 0.6 is 0 Å². The van der Waals surface area contributed by atoms with Crippen molar-refractivity contribution in [2.24, 2.45) is 0 Å². The van der Waals surface area contributed by atoms with E-state index >= 15 is 0 Å². The lowest BCUT2D eigenvalue weighted by atomic mass is 9.94. The third-order valence-electron chi connectivity index (χ3n) is 11.5. The minimum Gasteiger partial charge on any atom is -0.394 e. The molecule has 5 aliphatic rings. The van der Waals surface area contributed by atoms with Gasteiger partial charge < -0.3 is 130 Å². The molecule has 5 fully saturated rings. The molecule has 0 aliphatic carbocycles. The van der Waals surface area contributed by atoms with Crippen molar-refractivity contribution in [2.75, 3.05) is 33.0 Å². The summed E-state index contributed by atoms with van der Waals surface area (Å²) in [6.45, 7) is -1.19. The lowest BCUT2D eigenvalue weighted by molar-refractivity contribution is -0.375. The molecule has 376 valence electrons. The Morgan fingerprint density at radius 2 is 0.785 bits per heavy atom. The fourth-order valence-electron chi connectivity index (χ4n) is 8.13. The summed E-state index contributed by atoms with van der Waals surface area (Å²) >= 11 is 0. The molecule has 0 aromatic carbocycles. The van der Waals surface area contributed by atoms with E-state index in [0.717, 1.165) is 20.8 Å². The Kier molecular flexibility index (Phi) is 19.1. The van der Waals surface area contributed by atoms with Crippen molar-refractivity contribution in [1.82, 2.24) is 16.0 Å². The first-order valence-electron chi connectivity index (χ1n) is 20.6. The minimum atomic E-state index is -2.18. The number of hydrogen-bond donors (Lipinski definition) is 17. The quantitative estimate of drug-likeness (QED) is 0.0683. The van der Waals surface area contributed by atoms with Gasteiger partial charge >= 0.3 is 0 Å². The predicted octanol–water partition coefficient (Wildman–Crippen LogP) is -11.5. The van der Waals surface area contributed by atoms with Crippen LogP contribution in [-0.2, 0) is 57.0 Å². The molecule has 0 radical (unpaired) electrons. The third-order valence-corrected chi connectivity index (χ3v) is 11.5. The summed E-state index contributed by atoms with van der Waals surface area (Å²) in [7, 11) is 0. The Morgan fingerprint density at radius 1 is 0.400 bits per heavy atom. The fraction of sp³-hybridized carbons (Fsp3) is 0.917. The summed E-state index contributed by atoms with van der Waals surface area (Å²) in [6.07, 6.45) is -40.1.